The lowest BCUT2D eigenvalue weighted by atomic mass is 10.0. The van der Waals surface area contributed by atoms with Crippen LogP contribution in [0.15, 0.2) is 42.5 Å². The van der Waals surface area contributed by atoms with E-state index in [1.165, 1.54) is 0 Å². The molecule has 1 atom stereocenters. The number of carbonyl (C=O) groups excluding carboxylic acids is 2. The summed E-state index contributed by atoms with van der Waals surface area (Å²) in [6.07, 6.45) is 4.01. The number of rotatable bonds is 11. The summed E-state index contributed by atoms with van der Waals surface area (Å²) in [5.74, 6) is 0.537. The first kappa shape index (κ1) is 25.4. The van der Waals surface area contributed by atoms with Crippen molar-refractivity contribution in [1.82, 2.24) is 25.2 Å². The van der Waals surface area contributed by atoms with Crippen molar-refractivity contribution in [3.8, 4) is 11.5 Å². The minimum absolute atomic E-state index is 0.0709. The Morgan fingerprint density at radius 2 is 1.78 bits per heavy atom. The molecule has 0 saturated heterocycles. The largest absolute Gasteiger partial charge is 0.497 e. The Kier molecular flexibility index (Phi) is 8.37. The first-order chi connectivity index (χ1) is 17.5. The summed E-state index contributed by atoms with van der Waals surface area (Å²) in [5, 5.41) is 11.5. The van der Waals surface area contributed by atoms with Gasteiger partial charge in [-0.25, -0.2) is 4.68 Å². The van der Waals surface area contributed by atoms with Crippen LogP contribution in [0.4, 0.5) is 0 Å². The van der Waals surface area contributed by atoms with Crippen molar-refractivity contribution in [2.45, 2.75) is 44.3 Å². The van der Waals surface area contributed by atoms with Gasteiger partial charge in [0.2, 0.25) is 11.8 Å². The maximum Gasteiger partial charge on any atom is 0.247 e. The zero-order valence-electron chi connectivity index (χ0n) is 21.0. The topological polar surface area (TPSA) is 108 Å². The van der Waals surface area contributed by atoms with Gasteiger partial charge in [0.15, 0.2) is 0 Å². The summed E-state index contributed by atoms with van der Waals surface area (Å²) in [6.45, 7) is 0.404. The molecule has 36 heavy (non-hydrogen) atoms. The van der Waals surface area contributed by atoms with E-state index < -0.39 is 6.04 Å². The van der Waals surface area contributed by atoms with Crippen LogP contribution >= 0.6 is 0 Å². The van der Waals surface area contributed by atoms with Gasteiger partial charge in [-0.2, -0.15) is 0 Å². The van der Waals surface area contributed by atoms with Crippen molar-refractivity contribution in [3.05, 3.63) is 48.0 Å². The van der Waals surface area contributed by atoms with E-state index in [1.807, 2.05) is 24.3 Å². The number of nitrogens with one attached hydrogen (secondary N) is 1. The van der Waals surface area contributed by atoms with Crippen molar-refractivity contribution in [1.29, 1.82) is 0 Å². The number of hydrogen-bond acceptors (Lipinski definition) is 7. The van der Waals surface area contributed by atoms with Gasteiger partial charge in [0.05, 0.1) is 26.3 Å². The number of benzene rings is 2. The molecule has 0 unspecified atom stereocenters. The first-order valence-electron chi connectivity index (χ1n) is 12.1. The standard InChI is InChI=1S/C26H33N5O5/c1-34-13-12-30(24(32)17-31-23-11-7-6-10-22(23)28-29-31)25(26(33)27-19-8-4-5-9-19)18-14-20(35-2)16-21(15-18)36-3/h6-7,10-11,14-16,19,25H,4-5,8-9,12-13,17H2,1-3H3,(H,27,33)/t25-/m0/s1. The van der Waals surface area contributed by atoms with Gasteiger partial charge in [0.1, 0.15) is 29.6 Å². The molecule has 4 rings (SSSR count). The van der Waals surface area contributed by atoms with Gasteiger partial charge in [-0.3, -0.25) is 9.59 Å². The third kappa shape index (κ3) is 5.76. The molecule has 1 aliphatic carbocycles. The quantitative estimate of drug-likeness (QED) is 0.436. The highest BCUT2D eigenvalue weighted by molar-refractivity contribution is 5.89. The predicted octanol–water partition coefficient (Wildman–Crippen LogP) is 2.72. The third-order valence-electron chi connectivity index (χ3n) is 6.51. The Labute approximate surface area is 210 Å². The van der Waals surface area contributed by atoms with Crippen molar-refractivity contribution < 1.29 is 23.8 Å². The number of carbonyl (C=O) groups is 2. The molecule has 1 N–H and O–H groups in total. The van der Waals surface area contributed by atoms with E-state index in [0.29, 0.717) is 22.6 Å². The second-order valence-corrected chi connectivity index (χ2v) is 8.85. The molecule has 10 heteroatoms. The second-order valence-electron chi connectivity index (χ2n) is 8.85. The lowest BCUT2D eigenvalue weighted by Gasteiger charge is -2.32. The molecule has 1 aliphatic rings. The number of amides is 2. The Morgan fingerprint density at radius 1 is 1.08 bits per heavy atom. The maximum atomic E-state index is 13.8. The number of hydrogen-bond donors (Lipinski definition) is 1. The molecule has 2 amide bonds. The van der Waals surface area contributed by atoms with Gasteiger partial charge in [-0.05, 0) is 42.7 Å². The van der Waals surface area contributed by atoms with E-state index in [1.54, 1.807) is 49.1 Å². The highest BCUT2D eigenvalue weighted by atomic mass is 16.5. The molecule has 0 bridgehead atoms. The van der Waals surface area contributed by atoms with Crippen molar-refractivity contribution >= 4 is 22.8 Å². The Morgan fingerprint density at radius 3 is 2.44 bits per heavy atom. The number of ether oxygens (including phenoxy) is 3. The summed E-state index contributed by atoms with van der Waals surface area (Å²) >= 11 is 0. The van der Waals surface area contributed by atoms with E-state index in [-0.39, 0.29) is 37.6 Å². The molecule has 10 nitrogen and oxygen atoms in total. The fourth-order valence-corrected chi connectivity index (χ4v) is 4.65. The van der Waals surface area contributed by atoms with Crippen LogP contribution in [-0.2, 0) is 20.9 Å². The van der Waals surface area contributed by atoms with Gasteiger partial charge in [-0.15, -0.1) is 5.10 Å². The van der Waals surface area contributed by atoms with Crippen LogP contribution in [0, 0.1) is 0 Å². The van der Waals surface area contributed by atoms with Gasteiger partial charge < -0.3 is 24.4 Å². The van der Waals surface area contributed by atoms with Crippen LogP contribution < -0.4 is 14.8 Å². The predicted molar refractivity (Wildman–Crippen MR) is 134 cm³/mol. The number of fused-ring (bicyclic) bond motifs is 1. The SMILES string of the molecule is COCCN(C(=O)Cn1nnc2ccccc21)[C@H](C(=O)NC1CCCC1)c1cc(OC)cc(OC)c1. The summed E-state index contributed by atoms with van der Waals surface area (Å²) < 4.78 is 17.8. The van der Waals surface area contributed by atoms with Crippen LogP contribution in [0.2, 0.25) is 0 Å². The van der Waals surface area contributed by atoms with E-state index in [0.717, 1.165) is 31.2 Å². The molecule has 192 valence electrons. The lowest BCUT2D eigenvalue weighted by molar-refractivity contribution is -0.142. The van der Waals surface area contributed by atoms with E-state index >= 15 is 0 Å². The van der Waals surface area contributed by atoms with Gasteiger partial charge >= 0.3 is 0 Å². The minimum atomic E-state index is -0.910. The summed E-state index contributed by atoms with van der Waals surface area (Å²) in [5.41, 5.74) is 2.03. The van der Waals surface area contributed by atoms with Crippen LogP contribution in [0.3, 0.4) is 0 Å². The van der Waals surface area contributed by atoms with E-state index in [2.05, 4.69) is 15.6 Å². The monoisotopic (exact) mass is 495 g/mol. The highest BCUT2D eigenvalue weighted by Gasteiger charge is 2.34. The van der Waals surface area contributed by atoms with Crippen molar-refractivity contribution in [3.63, 3.8) is 0 Å². The molecule has 1 saturated carbocycles. The van der Waals surface area contributed by atoms with Crippen molar-refractivity contribution in [2.24, 2.45) is 0 Å². The fourth-order valence-electron chi connectivity index (χ4n) is 4.65. The van der Waals surface area contributed by atoms with Crippen LogP contribution in [0.25, 0.3) is 11.0 Å². The second kappa shape index (κ2) is 11.9. The fraction of sp³-hybridized carbons (Fsp3) is 0.462. The average Bonchev–Trinajstić information content (AvgIpc) is 3.56. The van der Waals surface area contributed by atoms with Gasteiger partial charge in [0.25, 0.3) is 0 Å². The number of methoxy groups -OCH3 is 3. The van der Waals surface area contributed by atoms with Gasteiger partial charge in [0, 0.05) is 25.8 Å². The smallest absolute Gasteiger partial charge is 0.247 e. The zero-order valence-corrected chi connectivity index (χ0v) is 21.0. The van der Waals surface area contributed by atoms with E-state index in [4.69, 9.17) is 14.2 Å². The normalized spacial score (nSPS) is 14.5. The Hall–Kier alpha value is -3.66. The third-order valence-corrected chi connectivity index (χ3v) is 6.51. The highest BCUT2D eigenvalue weighted by Crippen LogP contribution is 2.31. The van der Waals surface area contributed by atoms with Crippen LogP contribution in [0.5, 0.6) is 11.5 Å². The number of aromatic nitrogens is 3. The molecule has 3 aromatic rings. The average molecular weight is 496 g/mol. The lowest BCUT2D eigenvalue weighted by Crippen LogP contribution is -2.48. The Balaban J connectivity index is 1.71. The molecule has 1 fully saturated rings. The number of para-hydroxylation sites is 1. The molecule has 2 aromatic carbocycles. The molecular formula is C26H33N5O5. The molecular weight excluding hydrogens is 462 g/mol. The first-order valence-corrected chi connectivity index (χ1v) is 12.1. The zero-order chi connectivity index (χ0) is 25.5. The van der Waals surface area contributed by atoms with Gasteiger partial charge in [-0.1, -0.05) is 30.2 Å². The molecule has 0 spiro atoms. The molecule has 0 aliphatic heterocycles. The maximum absolute atomic E-state index is 13.8. The summed E-state index contributed by atoms with van der Waals surface area (Å²) in [7, 11) is 4.67. The van der Waals surface area contributed by atoms with E-state index in [9.17, 15) is 9.59 Å². The van der Waals surface area contributed by atoms with Crippen LogP contribution in [-0.4, -0.2) is 72.2 Å². The van der Waals surface area contributed by atoms with Crippen molar-refractivity contribution in [2.75, 3.05) is 34.5 Å². The number of nitrogens with zero attached hydrogens (tertiary/aromatic N) is 4. The molecule has 1 aromatic heterocycles. The molecule has 1 heterocycles. The minimum Gasteiger partial charge on any atom is -0.497 e. The summed E-state index contributed by atoms with van der Waals surface area (Å²) in [6, 6.07) is 11.9. The van der Waals surface area contributed by atoms with Crippen LogP contribution in [0.1, 0.15) is 37.3 Å². The molecule has 0 radical (unpaired) electrons. The Bertz CT molecular complexity index is 1170. The summed E-state index contributed by atoms with van der Waals surface area (Å²) in [4.78, 5) is 29.1.